The molecule has 0 aliphatic carbocycles. The number of methoxy groups -OCH3 is 2. The van der Waals surface area contributed by atoms with E-state index in [1.165, 1.54) is 20.3 Å². The first kappa shape index (κ1) is 16.0. The summed E-state index contributed by atoms with van der Waals surface area (Å²) in [6, 6.07) is 9.80. The van der Waals surface area contributed by atoms with Crippen molar-refractivity contribution in [2.75, 3.05) is 14.2 Å². The molecule has 0 radical (unpaired) electrons. The average Bonchev–Trinajstić information content (AvgIpc) is 2.50. The third-order valence-corrected chi connectivity index (χ3v) is 3.44. The van der Waals surface area contributed by atoms with Crippen molar-refractivity contribution < 1.29 is 24.8 Å². The minimum absolute atomic E-state index is 0.0703. The van der Waals surface area contributed by atoms with E-state index in [0.29, 0.717) is 24.3 Å². The largest absolute Gasteiger partial charge is 0.508 e. The van der Waals surface area contributed by atoms with Gasteiger partial charge in [-0.25, -0.2) is 0 Å². The maximum Gasteiger partial charge on any atom is 0.160 e. The normalized spacial score (nSPS) is 12.0. The summed E-state index contributed by atoms with van der Waals surface area (Å²) < 4.78 is 10.3. The minimum atomic E-state index is -0.618. The van der Waals surface area contributed by atoms with Gasteiger partial charge in [-0.1, -0.05) is 12.1 Å². The Morgan fingerprint density at radius 3 is 2.32 bits per heavy atom. The van der Waals surface area contributed by atoms with Gasteiger partial charge in [-0.3, -0.25) is 0 Å². The lowest BCUT2D eigenvalue weighted by Gasteiger charge is -2.14. The van der Waals surface area contributed by atoms with Crippen molar-refractivity contribution >= 4 is 0 Å². The second kappa shape index (κ2) is 7.04. The number of hydrogen-bond acceptors (Lipinski definition) is 5. The van der Waals surface area contributed by atoms with Gasteiger partial charge in [-0.05, 0) is 35.7 Å². The van der Waals surface area contributed by atoms with Crippen LogP contribution in [0.4, 0.5) is 0 Å². The number of ether oxygens (including phenoxy) is 2. The quantitative estimate of drug-likeness (QED) is 0.763. The van der Waals surface area contributed by atoms with Gasteiger partial charge in [0.25, 0.3) is 0 Å². The van der Waals surface area contributed by atoms with Crippen LogP contribution in [0.3, 0.4) is 0 Å². The van der Waals surface area contributed by atoms with E-state index >= 15 is 0 Å². The van der Waals surface area contributed by atoms with Crippen molar-refractivity contribution in [1.82, 2.24) is 0 Å². The molecule has 0 amide bonds. The summed E-state index contributed by atoms with van der Waals surface area (Å²) in [7, 11) is 3.01. The smallest absolute Gasteiger partial charge is 0.160 e. The average molecular weight is 304 g/mol. The van der Waals surface area contributed by atoms with Crippen LogP contribution in [0.25, 0.3) is 0 Å². The number of aliphatic hydroxyl groups is 1. The van der Waals surface area contributed by atoms with Gasteiger partial charge in [-0.2, -0.15) is 0 Å². The lowest BCUT2D eigenvalue weighted by molar-refractivity contribution is 0.174. The zero-order valence-electron chi connectivity index (χ0n) is 12.6. The number of rotatable bonds is 6. The molecule has 5 nitrogen and oxygen atoms in total. The Morgan fingerprint density at radius 2 is 1.64 bits per heavy atom. The summed E-state index contributed by atoms with van der Waals surface area (Å²) in [5.41, 5.74) is 1.68. The monoisotopic (exact) mass is 304 g/mol. The Labute approximate surface area is 129 Å². The number of phenolic OH excluding ortho intramolecular Hbond substituents is 2. The number of benzene rings is 2. The zero-order valence-corrected chi connectivity index (χ0v) is 12.6. The lowest BCUT2D eigenvalue weighted by atomic mass is 10.00. The van der Waals surface area contributed by atoms with Crippen molar-refractivity contribution in [2.24, 2.45) is 0 Å². The Bertz CT molecular complexity index is 639. The molecule has 0 aromatic heterocycles. The molecular weight excluding hydrogens is 284 g/mol. The van der Waals surface area contributed by atoms with Crippen LogP contribution < -0.4 is 9.47 Å². The van der Waals surface area contributed by atoms with Crippen LogP contribution in [0.2, 0.25) is 0 Å². The number of aliphatic hydroxyl groups excluding tert-OH is 1. The molecule has 0 saturated heterocycles. The highest BCUT2D eigenvalue weighted by Gasteiger charge is 2.13. The second-order valence-electron chi connectivity index (χ2n) is 5.06. The summed E-state index contributed by atoms with van der Waals surface area (Å²) >= 11 is 0. The first-order valence-corrected chi connectivity index (χ1v) is 6.93. The summed E-state index contributed by atoms with van der Waals surface area (Å²) in [5.74, 6) is 1.12. The Morgan fingerprint density at radius 1 is 0.909 bits per heavy atom. The maximum atomic E-state index is 10.3. The predicted octanol–water partition coefficient (Wildman–Crippen LogP) is 2.26. The first-order valence-electron chi connectivity index (χ1n) is 6.93. The Hall–Kier alpha value is -2.40. The molecule has 1 unspecified atom stereocenters. The highest BCUT2D eigenvalue weighted by molar-refractivity contribution is 5.43. The Balaban J connectivity index is 2.08. The number of hydrogen-bond donors (Lipinski definition) is 3. The zero-order chi connectivity index (χ0) is 16.1. The highest BCUT2D eigenvalue weighted by Crippen LogP contribution is 2.28. The van der Waals surface area contributed by atoms with Crippen LogP contribution in [0.1, 0.15) is 11.1 Å². The van der Waals surface area contributed by atoms with E-state index in [-0.39, 0.29) is 11.5 Å². The van der Waals surface area contributed by atoms with Crippen molar-refractivity contribution in [2.45, 2.75) is 18.9 Å². The van der Waals surface area contributed by atoms with Crippen LogP contribution in [0.5, 0.6) is 23.0 Å². The van der Waals surface area contributed by atoms with Gasteiger partial charge in [-0.15, -0.1) is 0 Å². The number of aromatic hydroxyl groups is 2. The van der Waals surface area contributed by atoms with Crippen LogP contribution in [0, 0.1) is 0 Å². The molecule has 0 aliphatic rings. The highest BCUT2D eigenvalue weighted by atomic mass is 16.5. The van der Waals surface area contributed by atoms with Gasteiger partial charge in [0.2, 0.25) is 0 Å². The molecule has 3 N–H and O–H groups in total. The molecule has 118 valence electrons. The molecule has 0 aliphatic heterocycles. The van der Waals surface area contributed by atoms with Crippen molar-refractivity contribution in [3.05, 3.63) is 47.5 Å². The van der Waals surface area contributed by atoms with E-state index in [0.717, 1.165) is 11.1 Å². The van der Waals surface area contributed by atoms with Crippen LogP contribution in [-0.4, -0.2) is 35.6 Å². The molecule has 0 spiro atoms. The van der Waals surface area contributed by atoms with Gasteiger partial charge in [0.15, 0.2) is 11.5 Å². The van der Waals surface area contributed by atoms with Gasteiger partial charge in [0, 0.05) is 12.5 Å². The molecule has 0 fully saturated rings. The van der Waals surface area contributed by atoms with Gasteiger partial charge >= 0.3 is 0 Å². The van der Waals surface area contributed by atoms with E-state index in [1.807, 2.05) is 0 Å². The standard InChI is InChI=1S/C17H20O5/c1-21-16-10-13(18)5-4-12(16)9-14(19)7-11-3-6-15(20)17(8-11)22-2/h3-6,8,10,14,18-20H,7,9H2,1-2H3. The summed E-state index contributed by atoms with van der Waals surface area (Å²) in [5, 5.41) is 29.3. The molecule has 1 atom stereocenters. The topological polar surface area (TPSA) is 79.2 Å². The lowest BCUT2D eigenvalue weighted by Crippen LogP contribution is -2.14. The van der Waals surface area contributed by atoms with Crippen LogP contribution >= 0.6 is 0 Å². The molecule has 2 aromatic carbocycles. The molecule has 5 heteroatoms. The molecule has 2 rings (SSSR count). The SMILES string of the molecule is COc1cc(CC(O)Cc2ccc(O)cc2OC)ccc1O. The summed E-state index contributed by atoms with van der Waals surface area (Å²) in [4.78, 5) is 0. The summed E-state index contributed by atoms with van der Waals surface area (Å²) in [6.45, 7) is 0. The van der Waals surface area contributed by atoms with Crippen LogP contribution in [-0.2, 0) is 12.8 Å². The fraction of sp³-hybridized carbons (Fsp3) is 0.294. The van der Waals surface area contributed by atoms with Gasteiger partial charge in [0.05, 0.1) is 20.3 Å². The van der Waals surface area contributed by atoms with Crippen LogP contribution in [0.15, 0.2) is 36.4 Å². The van der Waals surface area contributed by atoms with Gasteiger partial charge < -0.3 is 24.8 Å². The molecular formula is C17H20O5. The molecule has 0 saturated carbocycles. The van der Waals surface area contributed by atoms with Crippen molar-refractivity contribution in [3.63, 3.8) is 0 Å². The maximum absolute atomic E-state index is 10.3. The Kier molecular flexibility index (Phi) is 5.12. The molecule has 0 bridgehead atoms. The van der Waals surface area contributed by atoms with Crippen molar-refractivity contribution in [1.29, 1.82) is 0 Å². The predicted molar refractivity (Wildman–Crippen MR) is 82.7 cm³/mol. The molecule has 22 heavy (non-hydrogen) atoms. The van der Waals surface area contributed by atoms with E-state index < -0.39 is 6.10 Å². The van der Waals surface area contributed by atoms with Crippen molar-refractivity contribution in [3.8, 4) is 23.0 Å². The third-order valence-electron chi connectivity index (χ3n) is 3.44. The van der Waals surface area contributed by atoms with E-state index in [1.54, 1.807) is 30.3 Å². The third kappa shape index (κ3) is 3.83. The first-order chi connectivity index (χ1) is 10.5. The summed E-state index contributed by atoms with van der Waals surface area (Å²) in [6.07, 6.45) is 0.195. The molecule has 0 heterocycles. The fourth-order valence-corrected chi connectivity index (χ4v) is 2.35. The van der Waals surface area contributed by atoms with Gasteiger partial charge in [0.1, 0.15) is 11.5 Å². The minimum Gasteiger partial charge on any atom is -0.508 e. The van der Waals surface area contributed by atoms with E-state index in [2.05, 4.69) is 0 Å². The fourth-order valence-electron chi connectivity index (χ4n) is 2.35. The van der Waals surface area contributed by atoms with E-state index in [4.69, 9.17) is 9.47 Å². The number of phenols is 2. The second-order valence-corrected chi connectivity index (χ2v) is 5.06. The molecule has 2 aromatic rings. The van der Waals surface area contributed by atoms with E-state index in [9.17, 15) is 15.3 Å².